The number of carbonyl (C=O) groups is 2. The summed E-state index contributed by atoms with van der Waals surface area (Å²) < 4.78 is 5.62. The van der Waals surface area contributed by atoms with Gasteiger partial charge in [-0.15, -0.1) is 0 Å². The molecule has 0 unspecified atom stereocenters. The molecular weight excluding hydrogens is 246 g/mol. The SMILES string of the molecule is CC1(C)Oc2ccc(CCCC(=O)O)cc2NC1=O. The zero-order valence-electron chi connectivity index (χ0n) is 11.0. The van der Waals surface area contributed by atoms with Crippen molar-refractivity contribution in [1.29, 1.82) is 0 Å². The van der Waals surface area contributed by atoms with E-state index < -0.39 is 11.6 Å². The lowest BCUT2D eigenvalue weighted by Crippen LogP contribution is -2.45. The van der Waals surface area contributed by atoms with Crippen LogP contribution in [0.2, 0.25) is 0 Å². The van der Waals surface area contributed by atoms with Crippen LogP contribution in [0.3, 0.4) is 0 Å². The number of fused-ring (bicyclic) bond motifs is 1. The van der Waals surface area contributed by atoms with Gasteiger partial charge in [-0.2, -0.15) is 0 Å². The van der Waals surface area contributed by atoms with Crippen LogP contribution in [0.15, 0.2) is 18.2 Å². The van der Waals surface area contributed by atoms with Crippen molar-refractivity contribution in [2.75, 3.05) is 5.32 Å². The molecule has 0 atom stereocenters. The molecule has 0 spiro atoms. The summed E-state index contributed by atoms with van der Waals surface area (Å²) in [6, 6.07) is 5.55. The van der Waals surface area contributed by atoms with E-state index in [2.05, 4.69) is 5.32 Å². The van der Waals surface area contributed by atoms with E-state index in [9.17, 15) is 9.59 Å². The lowest BCUT2D eigenvalue weighted by molar-refractivity contribution is -0.137. The number of benzene rings is 1. The Bertz CT molecular complexity index is 522. The van der Waals surface area contributed by atoms with E-state index in [-0.39, 0.29) is 12.3 Å². The molecule has 1 aliphatic heterocycles. The Kier molecular flexibility index (Phi) is 3.46. The number of carbonyl (C=O) groups excluding carboxylic acids is 1. The number of rotatable bonds is 4. The molecule has 0 bridgehead atoms. The molecule has 0 saturated carbocycles. The molecule has 0 radical (unpaired) electrons. The zero-order valence-corrected chi connectivity index (χ0v) is 11.0. The Morgan fingerprint density at radius 3 is 2.84 bits per heavy atom. The van der Waals surface area contributed by atoms with Gasteiger partial charge in [0.15, 0.2) is 5.60 Å². The Labute approximate surface area is 111 Å². The first-order valence-corrected chi connectivity index (χ1v) is 6.24. The van der Waals surface area contributed by atoms with Gasteiger partial charge in [-0.05, 0) is 44.4 Å². The van der Waals surface area contributed by atoms with E-state index in [4.69, 9.17) is 9.84 Å². The van der Waals surface area contributed by atoms with E-state index in [1.807, 2.05) is 18.2 Å². The molecule has 2 rings (SSSR count). The normalized spacial score (nSPS) is 16.2. The van der Waals surface area contributed by atoms with Gasteiger partial charge in [0.1, 0.15) is 5.75 Å². The zero-order chi connectivity index (χ0) is 14.0. The molecule has 1 amide bonds. The van der Waals surface area contributed by atoms with Crippen molar-refractivity contribution in [3.8, 4) is 5.75 Å². The smallest absolute Gasteiger partial charge is 0.303 e. The average Bonchev–Trinajstić information content (AvgIpc) is 2.30. The average molecular weight is 263 g/mol. The van der Waals surface area contributed by atoms with Crippen molar-refractivity contribution in [3.63, 3.8) is 0 Å². The predicted octanol–water partition coefficient (Wildman–Crippen LogP) is 2.20. The largest absolute Gasteiger partial charge is 0.481 e. The monoisotopic (exact) mass is 263 g/mol. The van der Waals surface area contributed by atoms with Gasteiger partial charge < -0.3 is 15.2 Å². The minimum atomic E-state index is -0.863. The molecule has 1 aromatic carbocycles. The number of ether oxygens (including phenoxy) is 1. The van der Waals surface area contributed by atoms with E-state index in [1.165, 1.54) is 0 Å². The minimum absolute atomic E-state index is 0.146. The topological polar surface area (TPSA) is 75.6 Å². The molecule has 0 aliphatic carbocycles. The highest BCUT2D eigenvalue weighted by Crippen LogP contribution is 2.34. The van der Waals surface area contributed by atoms with Gasteiger partial charge >= 0.3 is 5.97 Å². The summed E-state index contributed by atoms with van der Waals surface area (Å²) in [5.74, 6) is -0.328. The number of nitrogens with one attached hydrogen (secondary N) is 1. The van der Waals surface area contributed by atoms with Crippen LogP contribution in [0, 0.1) is 0 Å². The van der Waals surface area contributed by atoms with Crippen LogP contribution in [-0.2, 0) is 16.0 Å². The van der Waals surface area contributed by atoms with E-state index in [0.29, 0.717) is 24.3 Å². The third-order valence-electron chi connectivity index (χ3n) is 3.06. The second-order valence-corrected chi connectivity index (χ2v) is 5.14. The van der Waals surface area contributed by atoms with Crippen molar-refractivity contribution in [2.24, 2.45) is 0 Å². The summed E-state index contributed by atoms with van der Waals surface area (Å²) in [5.41, 5.74) is 0.776. The first-order chi connectivity index (χ1) is 8.88. The van der Waals surface area contributed by atoms with Gasteiger partial charge in [0, 0.05) is 6.42 Å². The predicted molar refractivity (Wildman–Crippen MR) is 70.4 cm³/mol. The van der Waals surface area contributed by atoms with Crippen molar-refractivity contribution >= 4 is 17.6 Å². The highest BCUT2D eigenvalue weighted by atomic mass is 16.5. The van der Waals surface area contributed by atoms with Gasteiger partial charge in [0.05, 0.1) is 5.69 Å². The highest BCUT2D eigenvalue weighted by molar-refractivity contribution is 6.00. The number of anilines is 1. The summed E-state index contributed by atoms with van der Waals surface area (Å²) in [6.07, 6.45) is 1.39. The summed E-state index contributed by atoms with van der Waals surface area (Å²) in [6.45, 7) is 3.43. The molecule has 19 heavy (non-hydrogen) atoms. The second-order valence-electron chi connectivity index (χ2n) is 5.14. The molecular formula is C14H17NO4. The van der Waals surface area contributed by atoms with Crippen LogP contribution in [0.1, 0.15) is 32.3 Å². The summed E-state index contributed by atoms with van der Waals surface area (Å²) in [4.78, 5) is 22.2. The van der Waals surface area contributed by atoms with Gasteiger partial charge in [-0.25, -0.2) is 0 Å². The Hall–Kier alpha value is -2.04. The molecule has 0 saturated heterocycles. The van der Waals surface area contributed by atoms with E-state index in [0.717, 1.165) is 5.56 Å². The van der Waals surface area contributed by atoms with Gasteiger partial charge in [0.2, 0.25) is 0 Å². The second kappa shape index (κ2) is 4.91. The summed E-state index contributed by atoms with van der Waals surface area (Å²) in [7, 11) is 0. The fourth-order valence-electron chi connectivity index (χ4n) is 1.96. The fraction of sp³-hybridized carbons (Fsp3) is 0.429. The number of amides is 1. The molecule has 2 N–H and O–H groups in total. The van der Waals surface area contributed by atoms with Crippen LogP contribution in [0.5, 0.6) is 5.75 Å². The standard InChI is InChI=1S/C14H17NO4/c1-14(2)13(18)15-10-8-9(4-3-5-12(16)17)6-7-11(10)19-14/h6-8H,3-5H2,1-2H3,(H,15,18)(H,16,17). The van der Waals surface area contributed by atoms with Crippen LogP contribution >= 0.6 is 0 Å². The first-order valence-electron chi connectivity index (χ1n) is 6.24. The number of hydrogen-bond acceptors (Lipinski definition) is 3. The van der Waals surface area contributed by atoms with Crippen LogP contribution in [0.25, 0.3) is 0 Å². The molecule has 0 fully saturated rings. The van der Waals surface area contributed by atoms with Crippen molar-refractivity contribution in [2.45, 2.75) is 38.7 Å². The maximum Gasteiger partial charge on any atom is 0.303 e. The van der Waals surface area contributed by atoms with Crippen molar-refractivity contribution in [1.82, 2.24) is 0 Å². The quantitative estimate of drug-likeness (QED) is 0.873. The lowest BCUT2D eigenvalue weighted by atomic mass is 10.0. The first kappa shape index (κ1) is 13.4. The minimum Gasteiger partial charge on any atom is -0.481 e. The molecule has 5 nitrogen and oxygen atoms in total. The van der Waals surface area contributed by atoms with E-state index in [1.54, 1.807) is 13.8 Å². The molecule has 0 aromatic heterocycles. The fourth-order valence-corrected chi connectivity index (χ4v) is 1.96. The maximum atomic E-state index is 11.8. The molecule has 5 heteroatoms. The van der Waals surface area contributed by atoms with Crippen molar-refractivity contribution in [3.05, 3.63) is 23.8 Å². The number of aliphatic carboxylic acids is 1. The van der Waals surface area contributed by atoms with Crippen LogP contribution in [-0.4, -0.2) is 22.6 Å². The molecule has 1 aliphatic rings. The number of hydrogen-bond donors (Lipinski definition) is 2. The summed E-state index contributed by atoms with van der Waals surface area (Å²) in [5, 5.41) is 11.4. The Morgan fingerprint density at radius 2 is 2.16 bits per heavy atom. The molecule has 102 valence electrons. The lowest BCUT2D eigenvalue weighted by Gasteiger charge is -2.31. The molecule has 1 aromatic rings. The van der Waals surface area contributed by atoms with Crippen LogP contribution < -0.4 is 10.1 Å². The number of carboxylic acid groups (broad SMARTS) is 1. The Balaban J connectivity index is 2.10. The molecule has 1 heterocycles. The Morgan fingerprint density at radius 1 is 1.42 bits per heavy atom. The number of aryl methyl sites for hydroxylation is 1. The van der Waals surface area contributed by atoms with E-state index >= 15 is 0 Å². The van der Waals surface area contributed by atoms with Gasteiger partial charge in [-0.1, -0.05) is 6.07 Å². The highest BCUT2D eigenvalue weighted by Gasteiger charge is 2.35. The van der Waals surface area contributed by atoms with Crippen LogP contribution in [0.4, 0.5) is 5.69 Å². The third kappa shape index (κ3) is 3.05. The van der Waals surface area contributed by atoms with Crippen molar-refractivity contribution < 1.29 is 19.4 Å². The van der Waals surface area contributed by atoms with Gasteiger partial charge in [0.25, 0.3) is 5.91 Å². The number of carboxylic acids is 1. The summed E-state index contributed by atoms with van der Waals surface area (Å²) >= 11 is 0. The third-order valence-corrected chi connectivity index (χ3v) is 3.06. The maximum absolute atomic E-state index is 11.8. The van der Waals surface area contributed by atoms with Gasteiger partial charge in [-0.3, -0.25) is 9.59 Å².